The van der Waals surface area contributed by atoms with Gasteiger partial charge in [0.05, 0.1) is 6.20 Å². The van der Waals surface area contributed by atoms with Gasteiger partial charge in [0.25, 0.3) is 0 Å². The number of aromatic nitrogens is 2. The molecule has 6 nitrogen and oxygen atoms in total. The van der Waals surface area contributed by atoms with E-state index >= 15 is 0 Å². The molecule has 0 aliphatic heterocycles. The van der Waals surface area contributed by atoms with Crippen molar-refractivity contribution in [1.82, 2.24) is 4.98 Å². The lowest BCUT2D eigenvalue weighted by molar-refractivity contribution is -0.622. The number of hydrogen-bond donors (Lipinski definition) is 0. The van der Waals surface area contributed by atoms with E-state index in [2.05, 4.69) is 14.6 Å². The molecule has 16 heteroatoms. The van der Waals surface area contributed by atoms with Gasteiger partial charge in [0.2, 0.25) is 10.0 Å². The van der Waals surface area contributed by atoms with Gasteiger partial charge in [0.1, 0.15) is 5.69 Å². The predicted molar refractivity (Wildman–Crippen MR) is 76.5 cm³/mol. The van der Waals surface area contributed by atoms with Crippen molar-refractivity contribution in [2.45, 2.75) is 35.2 Å². The average Bonchev–Trinajstić information content (AvgIpc) is 2.39. The SMILES string of the molecule is Cc1c[n+]([N-]S(=O)(=O)C(F)(F)C(F)(F)OC(F)(F)C(F)(F)I)c(C)cn1. The van der Waals surface area contributed by atoms with Gasteiger partial charge in [0, 0.05) is 29.5 Å². The number of aryl methyl sites for hydroxylation is 2. The third kappa shape index (κ3) is 4.44. The second kappa shape index (κ2) is 6.84. The van der Waals surface area contributed by atoms with E-state index in [0.717, 1.165) is 19.3 Å². The molecular weight excluding hydrogens is 521 g/mol. The van der Waals surface area contributed by atoms with Gasteiger partial charge in [-0.15, -0.1) is 0 Å². The van der Waals surface area contributed by atoms with Gasteiger partial charge in [-0.2, -0.15) is 35.1 Å². The lowest BCUT2D eigenvalue weighted by Gasteiger charge is -2.32. The Morgan fingerprint density at radius 2 is 1.58 bits per heavy atom. The summed E-state index contributed by atoms with van der Waals surface area (Å²) >= 11 is -0.335. The van der Waals surface area contributed by atoms with Crippen LogP contribution >= 0.6 is 22.6 Å². The summed E-state index contributed by atoms with van der Waals surface area (Å²) in [5.74, 6) is 0. The molecule has 0 aliphatic carbocycles. The van der Waals surface area contributed by atoms with E-state index in [1.807, 2.05) is 0 Å². The van der Waals surface area contributed by atoms with Gasteiger partial charge in [0.15, 0.2) is 11.9 Å². The van der Waals surface area contributed by atoms with E-state index in [4.69, 9.17) is 0 Å². The lowest BCUT2D eigenvalue weighted by atomic mass is 10.4. The quantitative estimate of drug-likeness (QED) is 0.235. The van der Waals surface area contributed by atoms with Crippen molar-refractivity contribution in [2.24, 2.45) is 0 Å². The molecule has 0 N–H and O–H groups in total. The van der Waals surface area contributed by atoms with E-state index in [-0.39, 0.29) is 38.7 Å². The number of halogens is 9. The molecule has 0 unspecified atom stereocenters. The van der Waals surface area contributed by atoms with Crippen LogP contribution in [-0.4, -0.2) is 34.8 Å². The Morgan fingerprint density at radius 3 is 2.04 bits per heavy atom. The maximum absolute atomic E-state index is 13.6. The molecule has 0 bridgehead atoms. The Balaban J connectivity index is 3.26. The van der Waals surface area contributed by atoms with E-state index in [0.29, 0.717) is 0 Å². The zero-order valence-electron chi connectivity index (χ0n) is 12.5. The van der Waals surface area contributed by atoms with Crippen LogP contribution in [0.2, 0.25) is 0 Å². The van der Waals surface area contributed by atoms with Crippen molar-refractivity contribution in [1.29, 1.82) is 0 Å². The highest BCUT2D eigenvalue weighted by Crippen LogP contribution is 2.49. The molecule has 1 rings (SSSR count). The van der Waals surface area contributed by atoms with E-state index in [1.54, 1.807) is 0 Å². The first-order valence-electron chi connectivity index (χ1n) is 6.07. The third-order valence-electron chi connectivity index (χ3n) is 2.57. The number of nitrogens with zero attached hydrogens (tertiary/aromatic N) is 3. The van der Waals surface area contributed by atoms with Crippen LogP contribution in [-0.2, 0) is 14.8 Å². The molecule has 150 valence electrons. The minimum Gasteiger partial charge on any atom is -0.316 e. The van der Waals surface area contributed by atoms with Gasteiger partial charge < -0.3 is 4.83 Å². The molecule has 0 aliphatic rings. The summed E-state index contributed by atoms with van der Waals surface area (Å²) < 4.78 is 125. The van der Waals surface area contributed by atoms with Crippen molar-refractivity contribution >= 4 is 32.6 Å². The zero-order chi connectivity index (χ0) is 20.8. The van der Waals surface area contributed by atoms with E-state index in [1.165, 1.54) is 6.92 Å². The van der Waals surface area contributed by atoms with Crippen molar-refractivity contribution in [3.63, 3.8) is 0 Å². The number of alkyl halides is 9. The largest absolute Gasteiger partial charge is 0.438 e. The van der Waals surface area contributed by atoms with Crippen LogP contribution in [0.15, 0.2) is 12.4 Å². The first-order valence-corrected chi connectivity index (χ1v) is 8.59. The molecule has 0 saturated heterocycles. The number of sulfonamides is 1. The molecule has 0 fully saturated rings. The molecule has 0 radical (unpaired) electrons. The minimum atomic E-state index is -6.56. The fourth-order valence-electron chi connectivity index (χ4n) is 1.25. The topological polar surface area (TPSA) is 74.2 Å². The zero-order valence-corrected chi connectivity index (χ0v) is 15.5. The first-order chi connectivity index (χ1) is 11.3. The van der Waals surface area contributed by atoms with Gasteiger partial charge in [-0.05, 0) is 6.92 Å². The average molecular weight is 529 g/mol. The summed E-state index contributed by atoms with van der Waals surface area (Å²) in [4.78, 5) is 6.02. The molecule has 26 heavy (non-hydrogen) atoms. The summed E-state index contributed by atoms with van der Waals surface area (Å²) in [6.45, 7) is 2.39. The maximum Gasteiger partial charge on any atom is 0.438 e. The molecule has 0 spiro atoms. The Labute approximate surface area is 154 Å². The molecule has 1 aromatic heterocycles. The first kappa shape index (κ1) is 23.0. The van der Waals surface area contributed by atoms with Crippen LogP contribution in [0.5, 0.6) is 0 Å². The lowest BCUT2D eigenvalue weighted by Crippen LogP contribution is -2.56. The van der Waals surface area contributed by atoms with E-state index in [9.17, 15) is 43.5 Å². The Bertz CT molecular complexity index is 784. The fraction of sp³-hybridized carbons (Fsp3) is 0.600. The highest BCUT2D eigenvalue weighted by Gasteiger charge is 2.72. The smallest absolute Gasteiger partial charge is 0.316 e. The van der Waals surface area contributed by atoms with Crippen molar-refractivity contribution < 1.29 is 53.0 Å². The summed E-state index contributed by atoms with van der Waals surface area (Å²) in [5, 5.41) is -6.40. The van der Waals surface area contributed by atoms with Gasteiger partial charge >= 0.3 is 21.4 Å². The predicted octanol–water partition coefficient (Wildman–Crippen LogP) is 3.28. The molecule has 0 amide bonds. The second-order valence-corrected chi connectivity index (χ2v) is 7.70. The van der Waals surface area contributed by atoms with Crippen LogP contribution in [0.4, 0.5) is 35.1 Å². The minimum absolute atomic E-state index is 0.0389. The Kier molecular flexibility index (Phi) is 6.05. The monoisotopic (exact) mass is 529 g/mol. The molecule has 1 heterocycles. The Hall–Kier alpha value is -1.04. The summed E-state index contributed by atoms with van der Waals surface area (Å²) in [7, 11) is -6.56. The maximum atomic E-state index is 13.6. The normalized spacial score (nSPS) is 14.4. The summed E-state index contributed by atoms with van der Waals surface area (Å²) in [5.41, 5.74) is -0.166. The fourth-order valence-corrected chi connectivity index (χ4v) is 2.21. The van der Waals surface area contributed by atoms with Gasteiger partial charge in [-0.25, -0.2) is 22.8 Å². The molecular formula is C10H8F8IN3O3S. The summed E-state index contributed by atoms with van der Waals surface area (Å²) in [6, 6.07) is 0. The highest BCUT2D eigenvalue weighted by atomic mass is 127. The Morgan fingerprint density at radius 1 is 1.08 bits per heavy atom. The van der Waals surface area contributed by atoms with Gasteiger partial charge in [-0.1, -0.05) is 0 Å². The molecule has 0 atom stereocenters. The molecule has 1 aromatic rings. The molecule has 0 saturated carbocycles. The highest BCUT2D eigenvalue weighted by molar-refractivity contribution is 14.1. The number of hydrogen-bond acceptors (Lipinski definition) is 4. The van der Waals surface area contributed by atoms with Crippen LogP contribution in [0.1, 0.15) is 11.4 Å². The second-order valence-electron chi connectivity index (χ2n) is 4.72. The standard InChI is InChI=1S/C10H8F8IN3O3S/c1-5-4-22(6(2)3-20-5)21-26(23,24)10(17,18)9(15,16)25-8(13,14)7(11,12)19/h3-4H,1-2H3. The van der Waals surface area contributed by atoms with Crippen LogP contribution in [0.25, 0.3) is 4.83 Å². The van der Waals surface area contributed by atoms with E-state index < -0.39 is 31.4 Å². The van der Waals surface area contributed by atoms with Crippen molar-refractivity contribution in [2.75, 3.05) is 0 Å². The van der Waals surface area contributed by atoms with Crippen LogP contribution < -0.4 is 4.68 Å². The number of rotatable bonds is 7. The van der Waals surface area contributed by atoms with Crippen LogP contribution in [0, 0.1) is 13.8 Å². The van der Waals surface area contributed by atoms with Crippen LogP contribution in [0.3, 0.4) is 0 Å². The molecule has 0 aromatic carbocycles. The van der Waals surface area contributed by atoms with Crippen molar-refractivity contribution in [3.05, 3.63) is 28.6 Å². The van der Waals surface area contributed by atoms with Crippen molar-refractivity contribution in [3.8, 4) is 0 Å². The number of ether oxygens (including phenoxy) is 1. The van der Waals surface area contributed by atoms with Gasteiger partial charge in [-0.3, -0.25) is 0 Å². The summed E-state index contributed by atoms with van der Waals surface area (Å²) in [6.07, 6.45) is -10.9. The third-order valence-corrected chi connectivity index (χ3v) is 4.47.